The Bertz CT molecular complexity index is 819. The highest BCUT2D eigenvalue weighted by molar-refractivity contribution is 14.0. The third-order valence-corrected chi connectivity index (χ3v) is 5.00. The molecule has 1 aliphatic heterocycles. The fourth-order valence-electron chi connectivity index (χ4n) is 3.21. The Morgan fingerprint density at radius 1 is 1.38 bits per heavy atom. The number of guanidine groups is 1. The van der Waals surface area contributed by atoms with Crippen molar-refractivity contribution in [1.29, 1.82) is 0 Å². The predicted octanol–water partition coefficient (Wildman–Crippen LogP) is 4.00. The van der Waals surface area contributed by atoms with E-state index < -0.39 is 0 Å². The lowest BCUT2D eigenvalue weighted by Gasteiger charge is -2.32. The molecular formula is C21H29ClIN5O. The van der Waals surface area contributed by atoms with E-state index in [1.54, 1.807) is 7.05 Å². The zero-order chi connectivity index (χ0) is 19.9. The lowest BCUT2D eigenvalue weighted by Crippen LogP contribution is -2.41. The molecule has 0 amide bonds. The number of morpholine rings is 1. The molecule has 2 heterocycles. The van der Waals surface area contributed by atoms with Crippen molar-refractivity contribution in [3.63, 3.8) is 0 Å². The summed E-state index contributed by atoms with van der Waals surface area (Å²) in [7, 11) is 1.77. The zero-order valence-corrected chi connectivity index (χ0v) is 20.1. The van der Waals surface area contributed by atoms with Gasteiger partial charge in [0.1, 0.15) is 5.82 Å². The molecule has 8 heteroatoms. The number of benzene rings is 1. The van der Waals surface area contributed by atoms with E-state index in [9.17, 15) is 0 Å². The molecule has 1 saturated heterocycles. The molecule has 0 saturated carbocycles. The molecular weight excluding hydrogens is 501 g/mol. The molecule has 0 spiro atoms. The molecule has 0 bridgehead atoms. The van der Waals surface area contributed by atoms with Gasteiger partial charge in [-0.1, -0.05) is 23.7 Å². The van der Waals surface area contributed by atoms with E-state index in [-0.39, 0.29) is 36.1 Å². The number of nitrogens with zero attached hydrogens (tertiary/aromatic N) is 3. The van der Waals surface area contributed by atoms with Gasteiger partial charge in [0, 0.05) is 37.9 Å². The molecule has 1 aromatic carbocycles. The van der Waals surface area contributed by atoms with Crippen LogP contribution in [0.2, 0.25) is 5.02 Å². The first kappa shape index (κ1) is 23.7. The largest absolute Gasteiger partial charge is 0.375 e. The average Bonchev–Trinajstić information content (AvgIpc) is 2.71. The van der Waals surface area contributed by atoms with E-state index >= 15 is 0 Å². The Morgan fingerprint density at radius 3 is 2.93 bits per heavy atom. The Morgan fingerprint density at radius 2 is 2.21 bits per heavy atom. The van der Waals surface area contributed by atoms with Crippen LogP contribution in [0.25, 0.3) is 0 Å². The Kier molecular flexibility index (Phi) is 9.45. The lowest BCUT2D eigenvalue weighted by molar-refractivity contribution is 0.0529. The third kappa shape index (κ3) is 7.01. The summed E-state index contributed by atoms with van der Waals surface area (Å²) in [6.45, 7) is 7.32. The van der Waals surface area contributed by atoms with Gasteiger partial charge in [-0.25, -0.2) is 4.98 Å². The van der Waals surface area contributed by atoms with Crippen LogP contribution in [0.4, 0.5) is 5.82 Å². The van der Waals surface area contributed by atoms with Gasteiger partial charge in [-0.15, -0.1) is 24.0 Å². The van der Waals surface area contributed by atoms with Gasteiger partial charge < -0.3 is 20.3 Å². The first-order valence-corrected chi connectivity index (χ1v) is 9.97. The highest BCUT2D eigenvalue weighted by Gasteiger charge is 2.18. The molecule has 2 N–H and O–H groups in total. The summed E-state index contributed by atoms with van der Waals surface area (Å²) in [6, 6.07) is 12.1. The van der Waals surface area contributed by atoms with Crippen LogP contribution < -0.4 is 15.5 Å². The SMILES string of the molecule is CN=C(NCc1ccnc(N2CCOC(C)C2)c1)NC(C)c1cccc(Cl)c1.I. The molecule has 1 fully saturated rings. The number of rotatable bonds is 5. The van der Waals surface area contributed by atoms with Crippen molar-refractivity contribution in [2.24, 2.45) is 4.99 Å². The molecule has 1 aliphatic rings. The van der Waals surface area contributed by atoms with E-state index in [0.717, 1.165) is 47.6 Å². The number of aliphatic imine (C=N–C) groups is 1. The quantitative estimate of drug-likeness (QED) is 0.348. The smallest absolute Gasteiger partial charge is 0.191 e. The minimum Gasteiger partial charge on any atom is -0.375 e. The Labute approximate surface area is 195 Å². The first-order valence-electron chi connectivity index (χ1n) is 9.59. The summed E-state index contributed by atoms with van der Waals surface area (Å²) in [5.41, 5.74) is 2.27. The van der Waals surface area contributed by atoms with Crippen molar-refractivity contribution < 1.29 is 4.74 Å². The average molecular weight is 530 g/mol. The van der Waals surface area contributed by atoms with Gasteiger partial charge in [0.15, 0.2) is 5.96 Å². The second kappa shape index (κ2) is 11.6. The van der Waals surface area contributed by atoms with Crippen LogP contribution >= 0.6 is 35.6 Å². The molecule has 2 unspecified atom stereocenters. The van der Waals surface area contributed by atoms with Gasteiger partial charge in [-0.2, -0.15) is 0 Å². The van der Waals surface area contributed by atoms with E-state index in [4.69, 9.17) is 16.3 Å². The van der Waals surface area contributed by atoms with E-state index in [1.807, 2.05) is 30.5 Å². The highest BCUT2D eigenvalue weighted by atomic mass is 127. The number of hydrogen-bond donors (Lipinski definition) is 2. The summed E-state index contributed by atoms with van der Waals surface area (Å²) >= 11 is 6.10. The number of pyridine rings is 1. The maximum absolute atomic E-state index is 6.10. The maximum atomic E-state index is 6.10. The Hall–Kier alpha value is -1.58. The van der Waals surface area contributed by atoms with Crippen molar-refractivity contribution in [1.82, 2.24) is 15.6 Å². The second-order valence-corrected chi connectivity index (χ2v) is 7.43. The molecule has 2 aromatic rings. The number of anilines is 1. The highest BCUT2D eigenvalue weighted by Crippen LogP contribution is 2.18. The van der Waals surface area contributed by atoms with Gasteiger partial charge in [0.25, 0.3) is 0 Å². The fraction of sp³-hybridized carbons (Fsp3) is 0.429. The van der Waals surface area contributed by atoms with Crippen molar-refractivity contribution in [3.8, 4) is 0 Å². The standard InChI is InChI=1S/C21H28ClN5O.HI/c1-15-14-27(9-10-28-15)20-11-17(7-8-24-20)13-25-21(23-3)26-16(2)18-5-4-6-19(22)12-18;/h4-8,11-12,15-16H,9-10,13-14H2,1-3H3,(H2,23,25,26);1H. The van der Waals surface area contributed by atoms with Gasteiger partial charge in [0.2, 0.25) is 0 Å². The summed E-state index contributed by atoms with van der Waals surface area (Å²) in [5, 5.41) is 7.51. The minimum absolute atomic E-state index is 0. The summed E-state index contributed by atoms with van der Waals surface area (Å²) in [6.07, 6.45) is 2.09. The topological polar surface area (TPSA) is 61.8 Å². The second-order valence-electron chi connectivity index (χ2n) is 7.00. The van der Waals surface area contributed by atoms with Gasteiger partial charge >= 0.3 is 0 Å². The first-order chi connectivity index (χ1) is 13.5. The monoisotopic (exact) mass is 529 g/mol. The summed E-state index contributed by atoms with van der Waals surface area (Å²) in [5.74, 6) is 1.73. The van der Waals surface area contributed by atoms with Crippen LogP contribution in [-0.4, -0.2) is 43.8 Å². The Balaban J connectivity index is 0.00000300. The van der Waals surface area contributed by atoms with Crippen LogP contribution in [0, 0.1) is 0 Å². The van der Waals surface area contributed by atoms with Crippen LogP contribution in [0.15, 0.2) is 47.6 Å². The zero-order valence-electron chi connectivity index (χ0n) is 17.1. The molecule has 29 heavy (non-hydrogen) atoms. The number of nitrogens with one attached hydrogen (secondary N) is 2. The van der Waals surface area contributed by atoms with Gasteiger partial charge in [-0.3, -0.25) is 4.99 Å². The summed E-state index contributed by atoms with van der Waals surface area (Å²) < 4.78 is 5.62. The number of hydrogen-bond acceptors (Lipinski definition) is 4. The molecule has 158 valence electrons. The van der Waals surface area contributed by atoms with Crippen molar-refractivity contribution in [2.45, 2.75) is 32.5 Å². The van der Waals surface area contributed by atoms with Crippen molar-refractivity contribution in [2.75, 3.05) is 31.6 Å². The number of aromatic nitrogens is 1. The molecule has 6 nitrogen and oxygen atoms in total. The van der Waals surface area contributed by atoms with Gasteiger partial charge in [-0.05, 0) is 49.2 Å². The molecule has 0 aliphatic carbocycles. The van der Waals surface area contributed by atoms with Gasteiger partial charge in [0.05, 0.1) is 18.8 Å². The normalized spacial score (nSPS) is 18.0. The fourth-order valence-corrected chi connectivity index (χ4v) is 3.41. The minimum atomic E-state index is 0. The summed E-state index contributed by atoms with van der Waals surface area (Å²) in [4.78, 5) is 11.1. The molecule has 3 rings (SSSR count). The molecule has 1 aromatic heterocycles. The molecule has 0 radical (unpaired) electrons. The van der Waals surface area contributed by atoms with Crippen LogP contribution in [0.1, 0.15) is 31.0 Å². The van der Waals surface area contributed by atoms with Crippen LogP contribution in [0.3, 0.4) is 0 Å². The van der Waals surface area contributed by atoms with Crippen molar-refractivity contribution >= 4 is 47.4 Å². The predicted molar refractivity (Wildman–Crippen MR) is 130 cm³/mol. The van der Waals surface area contributed by atoms with E-state index in [2.05, 4.69) is 51.5 Å². The number of ether oxygens (including phenoxy) is 1. The third-order valence-electron chi connectivity index (χ3n) is 4.76. The molecule has 2 atom stereocenters. The van der Waals surface area contributed by atoms with Crippen molar-refractivity contribution in [3.05, 3.63) is 58.7 Å². The van der Waals surface area contributed by atoms with Crippen LogP contribution in [-0.2, 0) is 11.3 Å². The maximum Gasteiger partial charge on any atom is 0.191 e. The van der Waals surface area contributed by atoms with E-state index in [1.165, 1.54) is 0 Å². The number of halogens is 2. The van der Waals surface area contributed by atoms with Crippen LogP contribution in [0.5, 0.6) is 0 Å². The van der Waals surface area contributed by atoms with E-state index in [0.29, 0.717) is 6.54 Å². The lowest BCUT2D eigenvalue weighted by atomic mass is 10.1.